The number of rotatable bonds is 7. The number of aliphatic hydroxyl groups excluding tert-OH is 1. The van der Waals surface area contributed by atoms with Gasteiger partial charge in [-0.2, -0.15) is 0 Å². The molecule has 3 heterocycles. The van der Waals surface area contributed by atoms with Crippen LogP contribution in [0, 0.1) is 12.8 Å². The van der Waals surface area contributed by atoms with E-state index in [-0.39, 0.29) is 12.5 Å². The standard InChI is InChI=1S/C22H22N4OS/c1-15-25-21(24-12-16(13-27)11-18-9-5-6-10-23-18)20-19(14-28-22(20)26-15)17-7-3-2-4-8-17/h2-10,14,16,27H,11-13H2,1H3,(H,24,25,26). The van der Waals surface area contributed by atoms with E-state index >= 15 is 0 Å². The lowest BCUT2D eigenvalue weighted by Crippen LogP contribution is -2.21. The van der Waals surface area contributed by atoms with Gasteiger partial charge in [-0.05, 0) is 31.0 Å². The second-order valence-electron chi connectivity index (χ2n) is 6.77. The predicted molar refractivity (Wildman–Crippen MR) is 115 cm³/mol. The van der Waals surface area contributed by atoms with E-state index < -0.39 is 0 Å². The third-order valence-corrected chi connectivity index (χ3v) is 5.54. The highest BCUT2D eigenvalue weighted by Gasteiger charge is 2.16. The molecule has 0 amide bonds. The van der Waals surface area contributed by atoms with Crippen LogP contribution in [0.15, 0.2) is 60.1 Å². The largest absolute Gasteiger partial charge is 0.396 e. The summed E-state index contributed by atoms with van der Waals surface area (Å²) < 4.78 is 0. The van der Waals surface area contributed by atoms with Gasteiger partial charge in [-0.25, -0.2) is 9.97 Å². The van der Waals surface area contributed by atoms with Gasteiger partial charge in [-0.3, -0.25) is 4.98 Å². The van der Waals surface area contributed by atoms with Crippen LogP contribution in [0.1, 0.15) is 11.5 Å². The molecule has 4 aromatic rings. The maximum absolute atomic E-state index is 9.83. The van der Waals surface area contributed by atoms with Crippen LogP contribution in [0.3, 0.4) is 0 Å². The molecule has 142 valence electrons. The van der Waals surface area contributed by atoms with E-state index in [0.717, 1.165) is 38.7 Å². The Bertz CT molecular complexity index is 1050. The van der Waals surface area contributed by atoms with E-state index in [1.807, 2.05) is 43.3 Å². The smallest absolute Gasteiger partial charge is 0.139 e. The fourth-order valence-electron chi connectivity index (χ4n) is 3.26. The number of thiophene rings is 1. The molecule has 0 aliphatic carbocycles. The van der Waals surface area contributed by atoms with Crippen molar-refractivity contribution in [2.24, 2.45) is 5.92 Å². The Kier molecular flexibility index (Phi) is 5.60. The number of nitrogens with zero attached hydrogens (tertiary/aromatic N) is 3. The minimum atomic E-state index is 0.0547. The van der Waals surface area contributed by atoms with Gasteiger partial charge in [0.15, 0.2) is 0 Å². The summed E-state index contributed by atoms with van der Waals surface area (Å²) >= 11 is 1.63. The van der Waals surface area contributed by atoms with Gasteiger partial charge >= 0.3 is 0 Å². The lowest BCUT2D eigenvalue weighted by atomic mass is 10.0. The molecule has 2 N–H and O–H groups in total. The zero-order chi connectivity index (χ0) is 19.3. The van der Waals surface area contributed by atoms with Crippen LogP contribution in [0.4, 0.5) is 5.82 Å². The molecule has 0 saturated heterocycles. The van der Waals surface area contributed by atoms with Crippen molar-refractivity contribution in [2.45, 2.75) is 13.3 Å². The van der Waals surface area contributed by atoms with Crippen LogP contribution in [-0.2, 0) is 6.42 Å². The number of nitrogens with one attached hydrogen (secondary N) is 1. The topological polar surface area (TPSA) is 70.9 Å². The number of fused-ring (bicyclic) bond motifs is 1. The second-order valence-corrected chi connectivity index (χ2v) is 7.63. The lowest BCUT2D eigenvalue weighted by Gasteiger charge is -2.16. The molecule has 0 saturated carbocycles. The third kappa shape index (κ3) is 4.03. The molecule has 6 heteroatoms. The van der Waals surface area contributed by atoms with Gasteiger partial charge in [-0.15, -0.1) is 11.3 Å². The van der Waals surface area contributed by atoms with Gasteiger partial charge in [0.25, 0.3) is 0 Å². The quantitative estimate of drug-likeness (QED) is 0.492. The van der Waals surface area contributed by atoms with Crippen LogP contribution in [-0.4, -0.2) is 33.2 Å². The molecular formula is C22H22N4OS. The summed E-state index contributed by atoms with van der Waals surface area (Å²) in [7, 11) is 0. The molecule has 3 aromatic heterocycles. The Morgan fingerprint density at radius 3 is 2.64 bits per heavy atom. The van der Waals surface area contributed by atoms with Crippen molar-refractivity contribution in [3.05, 3.63) is 71.6 Å². The van der Waals surface area contributed by atoms with Crippen molar-refractivity contribution in [1.29, 1.82) is 0 Å². The Morgan fingerprint density at radius 2 is 1.89 bits per heavy atom. The molecular weight excluding hydrogens is 368 g/mol. The molecule has 1 unspecified atom stereocenters. The van der Waals surface area contributed by atoms with Crippen molar-refractivity contribution in [3.8, 4) is 11.1 Å². The number of pyridine rings is 1. The summed E-state index contributed by atoms with van der Waals surface area (Å²) in [6.45, 7) is 2.61. The van der Waals surface area contributed by atoms with E-state index in [9.17, 15) is 5.11 Å². The fraction of sp³-hybridized carbons (Fsp3) is 0.227. The van der Waals surface area contributed by atoms with Crippen LogP contribution in [0.5, 0.6) is 0 Å². The van der Waals surface area contributed by atoms with Gasteiger partial charge in [0.05, 0.1) is 5.39 Å². The highest BCUT2D eigenvalue weighted by atomic mass is 32.1. The lowest BCUT2D eigenvalue weighted by molar-refractivity contribution is 0.232. The molecule has 0 bridgehead atoms. The highest BCUT2D eigenvalue weighted by molar-refractivity contribution is 7.17. The molecule has 0 aliphatic heterocycles. The number of aromatic nitrogens is 3. The van der Waals surface area contributed by atoms with E-state index in [2.05, 4.69) is 37.8 Å². The first-order valence-corrected chi connectivity index (χ1v) is 10.2. The van der Waals surface area contributed by atoms with Crippen LogP contribution >= 0.6 is 11.3 Å². The molecule has 0 aliphatic rings. The Labute approximate surface area is 168 Å². The van der Waals surface area contributed by atoms with Crippen LogP contribution in [0.25, 0.3) is 21.3 Å². The fourth-order valence-corrected chi connectivity index (χ4v) is 4.26. The number of benzene rings is 1. The molecule has 4 rings (SSSR count). The zero-order valence-corrected chi connectivity index (χ0v) is 16.5. The van der Waals surface area contributed by atoms with E-state index in [4.69, 9.17) is 0 Å². The van der Waals surface area contributed by atoms with Gasteiger partial charge in [0, 0.05) is 41.9 Å². The molecule has 0 radical (unpaired) electrons. The predicted octanol–water partition coefficient (Wildman–Crippen LogP) is 4.32. The minimum absolute atomic E-state index is 0.0547. The van der Waals surface area contributed by atoms with Crippen molar-refractivity contribution in [2.75, 3.05) is 18.5 Å². The van der Waals surface area contributed by atoms with Crippen molar-refractivity contribution >= 4 is 27.4 Å². The highest BCUT2D eigenvalue weighted by Crippen LogP contribution is 2.36. The Balaban J connectivity index is 1.61. The first-order chi connectivity index (χ1) is 13.7. The molecule has 1 aromatic carbocycles. The average molecular weight is 391 g/mol. The van der Waals surface area contributed by atoms with E-state index in [1.165, 1.54) is 0 Å². The molecule has 1 atom stereocenters. The zero-order valence-electron chi connectivity index (χ0n) is 15.7. The number of aliphatic hydroxyl groups is 1. The van der Waals surface area contributed by atoms with Crippen molar-refractivity contribution < 1.29 is 5.11 Å². The summed E-state index contributed by atoms with van der Waals surface area (Å²) in [6.07, 6.45) is 2.50. The average Bonchev–Trinajstić information content (AvgIpc) is 3.16. The first-order valence-electron chi connectivity index (χ1n) is 9.30. The third-order valence-electron chi connectivity index (χ3n) is 4.67. The number of hydrogen-bond donors (Lipinski definition) is 2. The summed E-state index contributed by atoms with van der Waals surface area (Å²) in [5.41, 5.74) is 3.26. The van der Waals surface area contributed by atoms with Crippen molar-refractivity contribution in [1.82, 2.24) is 15.0 Å². The monoisotopic (exact) mass is 390 g/mol. The van der Waals surface area contributed by atoms with Gasteiger partial charge in [0.1, 0.15) is 16.5 Å². The normalized spacial score (nSPS) is 12.2. The Morgan fingerprint density at radius 1 is 1.07 bits per heavy atom. The van der Waals surface area contributed by atoms with Gasteiger partial charge < -0.3 is 10.4 Å². The van der Waals surface area contributed by atoms with Gasteiger partial charge in [0.2, 0.25) is 0 Å². The van der Waals surface area contributed by atoms with Gasteiger partial charge in [-0.1, -0.05) is 36.4 Å². The van der Waals surface area contributed by atoms with Crippen molar-refractivity contribution in [3.63, 3.8) is 0 Å². The summed E-state index contributed by atoms with van der Waals surface area (Å²) in [5, 5.41) is 16.5. The summed E-state index contributed by atoms with van der Waals surface area (Å²) in [4.78, 5) is 14.6. The first kappa shape index (κ1) is 18.5. The second kappa shape index (κ2) is 8.46. The minimum Gasteiger partial charge on any atom is -0.396 e. The molecule has 5 nitrogen and oxygen atoms in total. The van der Waals surface area contributed by atoms with E-state index in [0.29, 0.717) is 13.0 Å². The molecule has 28 heavy (non-hydrogen) atoms. The number of anilines is 1. The summed E-state index contributed by atoms with van der Waals surface area (Å²) in [6, 6.07) is 16.1. The molecule has 0 spiro atoms. The van der Waals surface area contributed by atoms with Crippen LogP contribution in [0.2, 0.25) is 0 Å². The molecule has 0 fully saturated rings. The van der Waals surface area contributed by atoms with E-state index in [1.54, 1.807) is 17.5 Å². The number of hydrogen-bond acceptors (Lipinski definition) is 6. The maximum atomic E-state index is 9.83. The maximum Gasteiger partial charge on any atom is 0.139 e. The SMILES string of the molecule is Cc1nc(NCC(CO)Cc2ccccn2)c2c(-c3ccccc3)csc2n1. The Hall–Kier alpha value is -2.83. The number of aryl methyl sites for hydroxylation is 1. The summed E-state index contributed by atoms with van der Waals surface area (Å²) in [5.74, 6) is 1.61. The van der Waals surface area contributed by atoms with Crippen LogP contribution < -0.4 is 5.32 Å².